The van der Waals surface area contributed by atoms with E-state index in [-0.39, 0.29) is 6.10 Å². The van der Waals surface area contributed by atoms with Gasteiger partial charge in [-0.15, -0.1) is 5.10 Å². The smallest absolute Gasteiger partial charge is 0.279 e. The van der Waals surface area contributed by atoms with Crippen molar-refractivity contribution in [2.24, 2.45) is 0 Å². The summed E-state index contributed by atoms with van der Waals surface area (Å²) in [6, 6.07) is 8.38. The molecule has 0 bridgehead atoms. The Kier molecular flexibility index (Phi) is 4.02. The highest BCUT2D eigenvalue weighted by Crippen LogP contribution is 2.32. The lowest BCUT2D eigenvalue weighted by molar-refractivity contribution is -0.00112. The Bertz CT molecular complexity index is 1200. The minimum absolute atomic E-state index is 0.0518. The van der Waals surface area contributed by atoms with Crippen LogP contribution < -0.4 is 0 Å². The Morgan fingerprint density at radius 2 is 1.97 bits per heavy atom. The van der Waals surface area contributed by atoms with Gasteiger partial charge in [0, 0.05) is 11.3 Å². The van der Waals surface area contributed by atoms with Gasteiger partial charge in [0.2, 0.25) is 5.82 Å². The molecular formula is C21H21N7O2. The molecule has 0 saturated carbocycles. The van der Waals surface area contributed by atoms with E-state index in [1.807, 2.05) is 4.68 Å². The highest BCUT2D eigenvalue weighted by Gasteiger charge is 2.29. The molecule has 6 rings (SSSR count). The zero-order valence-electron chi connectivity index (χ0n) is 16.6. The van der Waals surface area contributed by atoms with E-state index < -0.39 is 0 Å². The van der Waals surface area contributed by atoms with Crippen LogP contribution in [0.3, 0.4) is 0 Å². The fraction of sp³-hybridized carbons (Fsp3) is 0.381. The highest BCUT2D eigenvalue weighted by molar-refractivity contribution is 5.59. The third kappa shape index (κ3) is 2.85. The van der Waals surface area contributed by atoms with Gasteiger partial charge >= 0.3 is 0 Å². The SMILES string of the molecule is Cc1ccc([C@@H]2Cn3nnc(-c4noc(-c5n[nH]c6c5CCCC6)n4)c3CO2)cc1. The van der Waals surface area contributed by atoms with E-state index in [2.05, 4.69) is 61.8 Å². The molecule has 0 radical (unpaired) electrons. The second-order valence-corrected chi connectivity index (χ2v) is 7.94. The molecule has 9 nitrogen and oxygen atoms in total. The Balaban J connectivity index is 1.28. The summed E-state index contributed by atoms with van der Waals surface area (Å²) in [5, 5.41) is 20.3. The Hall–Kier alpha value is -3.33. The van der Waals surface area contributed by atoms with Crippen molar-refractivity contribution in [3.63, 3.8) is 0 Å². The number of benzene rings is 1. The average Bonchev–Trinajstić information content (AvgIpc) is 3.51. The lowest BCUT2D eigenvalue weighted by Gasteiger charge is -2.24. The summed E-state index contributed by atoms with van der Waals surface area (Å²) in [5.74, 6) is 0.830. The van der Waals surface area contributed by atoms with Crippen molar-refractivity contribution in [1.82, 2.24) is 35.3 Å². The summed E-state index contributed by atoms with van der Waals surface area (Å²) in [7, 11) is 0. The van der Waals surface area contributed by atoms with E-state index in [0.29, 0.717) is 30.6 Å². The molecule has 1 N–H and O–H groups in total. The number of aromatic amines is 1. The maximum atomic E-state index is 6.10. The molecule has 1 aliphatic heterocycles. The number of aryl methyl sites for hydroxylation is 2. The van der Waals surface area contributed by atoms with Gasteiger partial charge in [0.25, 0.3) is 5.89 Å². The molecule has 0 fully saturated rings. The van der Waals surface area contributed by atoms with Crippen LogP contribution >= 0.6 is 0 Å². The predicted octanol–water partition coefficient (Wildman–Crippen LogP) is 3.18. The zero-order chi connectivity index (χ0) is 20.1. The normalized spacial score (nSPS) is 18.2. The number of hydrogen-bond acceptors (Lipinski definition) is 7. The second kappa shape index (κ2) is 6.88. The van der Waals surface area contributed by atoms with Crippen LogP contribution in [0.2, 0.25) is 0 Å². The predicted molar refractivity (Wildman–Crippen MR) is 106 cm³/mol. The van der Waals surface area contributed by atoms with E-state index >= 15 is 0 Å². The van der Waals surface area contributed by atoms with Gasteiger partial charge in [0.15, 0.2) is 11.4 Å². The summed E-state index contributed by atoms with van der Waals surface area (Å²) in [4.78, 5) is 4.57. The number of hydrogen-bond donors (Lipinski definition) is 1. The molecular weight excluding hydrogens is 382 g/mol. The first-order chi connectivity index (χ1) is 14.8. The fourth-order valence-electron chi connectivity index (χ4n) is 4.24. The van der Waals surface area contributed by atoms with E-state index in [1.54, 1.807) is 0 Å². The Morgan fingerprint density at radius 1 is 1.10 bits per heavy atom. The lowest BCUT2D eigenvalue weighted by atomic mass is 9.96. The van der Waals surface area contributed by atoms with Gasteiger partial charge in [-0.3, -0.25) is 5.10 Å². The van der Waals surface area contributed by atoms with E-state index in [0.717, 1.165) is 36.2 Å². The van der Waals surface area contributed by atoms with Gasteiger partial charge in [-0.05, 0) is 38.2 Å². The molecule has 1 aromatic carbocycles. The third-order valence-electron chi connectivity index (χ3n) is 5.94. The number of aromatic nitrogens is 7. The van der Waals surface area contributed by atoms with Crippen LogP contribution in [-0.4, -0.2) is 35.3 Å². The lowest BCUT2D eigenvalue weighted by Crippen LogP contribution is -2.22. The molecule has 152 valence electrons. The molecule has 4 aromatic rings. The van der Waals surface area contributed by atoms with E-state index in [4.69, 9.17) is 9.26 Å². The Morgan fingerprint density at radius 3 is 2.87 bits per heavy atom. The van der Waals surface area contributed by atoms with Crippen molar-refractivity contribution in [3.05, 3.63) is 52.3 Å². The average molecular weight is 403 g/mol. The van der Waals surface area contributed by atoms with Gasteiger partial charge in [-0.2, -0.15) is 10.1 Å². The van der Waals surface area contributed by atoms with Crippen LogP contribution in [0.1, 0.15) is 47.0 Å². The number of rotatable bonds is 3. The first-order valence-electron chi connectivity index (χ1n) is 10.3. The number of ether oxygens (including phenoxy) is 1. The second-order valence-electron chi connectivity index (χ2n) is 7.94. The standard InChI is InChI=1S/C21H21N7O2/c1-12-6-8-13(9-7-12)17-10-28-16(11-29-17)19(25-27-28)20-22-21(30-26-20)18-14-4-2-3-5-15(14)23-24-18/h6-9,17H,2-5,10-11H2,1H3,(H,23,24)/t17-/m0/s1. The van der Waals surface area contributed by atoms with Crippen molar-refractivity contribution in [1.29, 1.82) is 0 Å². The van der Waals surface area contributed by atoms with Crippen molar-refractivity contribution in [3.8, 4) is 23.1 Å². The molecule has 3 aromatic heterocycles. The molecule has 2 aliphatic rings. The van der Waals surface area contributed by atoms with Gasteiger partial charge < -0.3 is 9.26 Å². The minimum atomic E-state index is -0.0518. The first-order valence-corrected chi connectivity index (χ1v) is 10.3. The molecule has 0 spiro atoms. The summed E-state index contributed by atoms with van der Waals surface area (Å²) in [6.07, 6.45) is 4.28. The summed E-state index contributed by atoms with van der Waals surface area (Å²) in [5.41, 5.74) is 6.92. The van der Waals surface area contributed by atoms with Gasteiger partial charge in [0.1, 0.15) is 6.10 Å². The molecule has 4 heterocycles. The quantitative estimate of drug-likeness (QED) is 0.560. The molecule has 0 unspecified atom stereocenters. The van der Waals surface area contributed by atoms with Gasteiger partial charge in [-0.25, -0.2) is 4.68 Å². The summed E-state index contributed by atoms with van der Waals surface area (Å²) >= 11 is 0. The van der Waals surface area contributed by atoms with Crippen molar-refractivity contribution < 1.29 is 9.26 Å². The monoisotopic (exact) mass is 403 g/mol. The maximum Gasteiger partial charge on any atom is 0.279 e. The van der Waals surface area contributed by atoms with Gasteiger partial charge in [-0.1, -0.05) is 40.2 Å². The van der Waals surface area contributed by atoms with Crippen LogP contribution in [0.15, 0.2) is 28.8 Å². The third-order valence-corrected chi connectivity index (χ3v) is 5.94. The van der Waals surface area contributed by atoms with E-state index in [1.165, 1.54) is 23.2 Å². The van der Waals surface area contributed by atoms with Crippen LogP contribution in [-0.2, 0) is 30.7 Å². The topological polar surface area (TPSA) is 108 Å². The van der Waals surface area contributed by atoms with E-state index in [9.17, 15) is 0 Å². The maximum absolute atomic E-state index is 6.10. The molecule has 1 aliphatic carbocycles. The van der Waals surface area contributed by atoms with Crippen LogP contribution in [0.25, 0.3) is 23.1 Å². The van der Waals surface area contributed by atoms with Crippen LogP contribution in [0.4, 0.5) is 0 Å². The number of fused-ring (bicyclic) bond motifs is 2. The largest absolute Gasteiger partial charge is 0.365 e. The summed E-state index contributed by atoms with van der Waals surface area (Å²) in [6.45, 7) is 3.07. The van der Waals surface area contributed by atoms with Crippen molar-refractivity contribution >= 4 is 0 Å². The summed E-state index contributed by atoms with van der Waals surface area (Å²) < 4.78 is 13.5. The fourth-order valence-corrected chi connectivity index (χ4v) is 4.24. The Labute approximate surface area is 172 Å². The molecule has 9 heteroatoms. The zero-order valence-corrected chi connectivity index (χ0v) is 16.6. The van der Waals surface area contributed by atoms with Crippen LogP contribution in [0.5, 0.6) is 0 Å². The molecule has 0 saturated heterocycles. The van der Waals surface area contributed by atoms with Crippen molar-refractivity contribution in [2.45, 2.75) is 51.9 Å². The van der Waals surface area contributed by atoms with Gasteiger partial charge in [0.05, 0.1) is 18.8 Å². The molecule has 0 amide bonds. The number of H-pyrrole nitrogens is 1. The highest BCUT2D eigenvalue weighted by atomic mass is 16.5. The first kappa shape index (κ1) is 17.5. The number of nitrogens with zero attached hydrogens (tertiary/aromatic N) is 6. The van der Waals surface area contributed by atoms with Crippen molar-refractivity contribution in [2.75, 3.05) is 0 Å². The molecule has 30 heavy (non-hydrogen) atoms. The number of nitrogens with one attached hydrogen (secondary N) is 1. The molecule has 1 atom stereocenters. The minimum Gasteiger partial charge on any atom is -0.365 e. The van der Waals surface area contributed by atoms with Crippen LogP contribution in [0, 0.1) is 6.92 Å².